The van der Waals surface area contributed by atoms with Crippen molar-refractivity contribution >= 4 is 32.4 Å². The maximum absolute atomic E-state index is 11.1. The highest BCUT2D eigenvalue weighted by atomic mass is 32.2. The minimum absolute atomic E-state index is 0.249. The van der Waals surface area contributed by atoms with Crippen molar-refractivity contribution in [3.8, 4) is 5.75 Å². The van der Waals surface area contributed by atoms with Crippen molar-refractivity contribution in [2.75, 3.05) is 0 Å². The zero-order chi connectivity index (χ0) is 17.3. The Balaban J connectivity index is 2.32. The molecular weight excluding hydrogens is 344 g/mol. The topological polar surface area (TPSA) is 129 Å². The van der Waals surface area contributed by atoms with Gasteiger partial charge in [-0.15, -0.1) is 0 Å². The van der Waals surface area contributed by atoms with E-state index < -0.39 is 25.1 Å². The second-order valence-corrected chi connectivity index (χ2v) is 7.46. The Morgan fingerprint density at radius 2 is 1.22 bits per heavy atom. The van der Waals surface area contributed by atoms with E-state index in [9.17, 15) is 21.9 Å². The van der Waals surface area contributed by atoms with E-state index in [-0.39, 0.29) is 10.6 Å². The number of benzene rings is 2. The van der Waals surface area contributed by atoms with Gasteiger partial charge in [0.15, 0.2) is 0 Å². The summed E-state index contributed by atoms with van der Waals surface area (Å²) < 4.78 is 61.9. The fourth-order valence-corrected chi connectivity index (χ4v) is 2.83. The lowest BCUT2D eigenvalue weighted by atomic mass is 10.1. The molecule has 2 aromatic rings. The molecule has 0 radical (unpaired) electrons. The molecule has 9 heteroatoms. The van der Waals surface area contributed by atoms with Crippen LogP contribution < -0.4 is 0 Å². The Hall–Kier alpha value is -2.20. The molecule has 0 unspecified atom stereocenters. The third kappa shape index (κ3) is 4.63. The summed E-state index contributed by atoms with van der Waals surface area (Å²) in [4.78, 5) is -0.695. The fourth-order valence-electron chi connectivity index (χ4n) is 1.79. The average Bonchev–Trinajstić information content (AvgIpc) is 2.43. The van der Waals surface area contributed by atoms with Crippen LogP contribution >= 0.6 is 0 Å². The van der Waals surface area contributed by atoms with Crippen molar-refractivity contribution in [3.05, 3.63) is 53.6 Å². The van der Waals surface area contributed by atoms with Gasteiger partial charge in [-0.2, -0.15) is 16.8 Å². The molecule has 2 aromatic carbocycles. The van der Waals surface area contributed by atoms with Gasteiger partial charge in [-0.3, -0.25) is 9.11 Å². The van der Waals surface area contributed by atoms with Crippen molar-refractivity contribution in [3.63, 3.8) is 0 Å². The predicted octanol–water partition coefficient (Wildman–Crippen LogP) is 2.06. The Kier molecular flexibility index (Phi) is 4.57. The molecule has 0 saturated carbocycles. The average molecular weight is 356 g/mol. The molecule has 0 aliphatic rings. The van der Waals surface area contributed by atoms with Crippen LogP contribution in [0.25, 0.3) is 12.2 Å². The summed E-state index contributed by atoms with van der Waals surface area (Å²) in [6.07, 6.45) is 3.01. The smallest absolute Gasteiger partial charge is 0.294 e. The van der Waals surface area contributed by atoms with Gasteiger partial charge in [0.2, 0.25) is 0 Å². The van der Waals surface area contributed by atoms with Crippen molar-refractivity contribution in [1.82, 2.24) is 0 Å². The minimum Gasteiger partial charge on any atom is -0.508 e. The van der Waals surface area contributed by atoms with Crippen molar-refractivity contribution in [1.29, 1.82) is 0 Å². The first-order valence-corrected chi connectivity index (χ1v) is 9.01. The summed E-state index contributed by atoms with van der Waals surface area (Å²) >= 11 is 0. The van der Waals surface area contributed by atoms with Gasteiger partial charge < -0.3 is 5.11 Å². The molecule has 0 amide bonds. The molecule has 0 heterocycles. The Morgan fingerprint density at radius 1 is 0.696 bits per heavy atom. The summed E-state index contributed by atoms with van der Waals surface area (Å²) in [6, 6.07) is 8.66. The number of hydrogen-bond donors (Lipinski definition) is 3. The lowest BCUT2D eigenvalue weighted by Gasteiger charge is -2.02. The van der Waals surface area contributed by atoms with E-state index in [1.807, 2.05) is 0 Å². The Morgan fingerprint density at radius 3 is 1.74 bits per heavy atom. The van der Waals surface area contributed by atoms with Crippen molar-refractivity contribution in [2.24, 2.45) is 0 Å². The monoisotopic (exact) mass is 356 g/mol. The summed E-state index contributed by atoms with van der Waals surface area (Å²) in [5.74, 6) is -0.332. The van der Waals surface area contributed by atoms with Gasteiger partial charge in [0, 0.05) is 6.07 Å². The molecule has 0 fully saturated rings. The van der Waals surface area contributed by atoms with Gasteiger partial charge in [-0.25, -0.2) is 0 Å². The largest absolute Gasteiger partial charge is 0.508 e. The van der Waals surface area contributed by atoms with Crippen LogP contribution in [0.2, 0.25) is 0 Å². The van der Waals surface area contributed by atoms with E-state index in [0.29, 0.717) is 11.1 Å². The SMILES string of the molecule is O=S(=O)(O)c1ccc(/C=C/c2cc(O)cc(S(=O)(=O)O)c2)cc1. The van der Waals surface area contributed by atoms with Gasteiger partial charge in [0.25, 0.3) is 20.2 Å². The highest BCUT2D eigenvalue weighted by Gasteiger charge is 2.11. The van der Waals surface area contributed by atoms with Crippen LogP contribution in [0.3, 0.4) is 0 Å². The van der Waals surface area contributed by atoms with Gasteiger partial charge in [0.05, 0.1) is 9.79 Å². The van der Waals surface area contributed by atoms with Crippen LogP contribution in [0.1, 0.15) is 11.1 Å². The maximum atomic E-state index is 11.1. The number of phenols is 1. The normalized spacial score (nSPS) is 12.6. The van der Waals surface area contributed by atoms with E-state index in [1.54, 1.807) is 0 Å². The highest BCUT2D eigenvalue weighted by molar-refractivity contribution is 7.86. The zero-order valence-electron chi connectivity index (χ0n) is 11.5. The van der Waals surface area contributed by atoms with Crippen molar-refractivity contribution in [2.45, 2.75) is 9.79 Å². The zero-order valence-corrected chi connectivity index (χ0v) is 13.1. The van der Waals surface area contributed by atoms with Crippen LogP contribution in [0.5, 0.6) is 5.75 Å². The summed E-state index contributed by atoms with van der Waals surface area (Å²) in [5, 5.41) is 9.48. The summed E-state index contributed by atoms with van der Waals surface area (Å²) in [7, 11) is -8.71. The number of hydrogen-bond acceptors (Lipinski definition) is 5. The first kappa shape index (κ1) is 17.2. The van der Waals surface area contributed by atoms with Crippen LogP contribution in [0.4, 0.5) is 0 Å². The summed E-state index contributed by atoms with van der Waals surface area (Å²) in [5.41, 5.74) is 0.894. The molecule has 3 N–H and O–H groups in total. The van der Waals surface area contributed by atoms with Crippen LogP contribution in [0.15, 0.2) is 52.3 Å². The van der Waals surface area contributed by atoms with Gasteiger partial charge in [-0.05, 0) is 35.4 Å². The predicted molar refractivity (Wildman–Crippen MR) is 83.1 cm³/mol. The second-order valence-electron chi connectivity index (χ2n) is 4.61. The molecule has 7 nitrogen and oxygen atoms in total. The van der Waals surface area contributed by atoms with Gasteiger partial charge in [-0.1, -0.05) is 24.3 Å². The van der Waals surface area contributed by atoms with E-state index in [2.05, 4.69) is 0 Å². The van der Waals surface area contributed by atoms with E-state index in [1.165, 1.54) is 42.5 Å². The number of phenolic OH excluding ortho intramolecular Hbond substituents is 1. The quantitative estimate of drug-likeness (QED) is 0.565. The van der Waals surface area contributed by atoms with E-state index in [4.69, 9.17) is 9.11 Å². The number of aromatic hydroxyl groups is 1. The van der Waals surface area contributed by atoms with Crippen LogP contribution in [-0.4, -0.2) is 31.0 Å². The molecule has 23 heavy (non-hydrogen) atoms. The maximum Gasteiger partial charge on any atom is 0.294 e. The Labute approximate surface area is 133 Å². The molecule has 0 saturated heterocycles. The molecule has 0 aliphatic carbocycles. The molecule has 2 rings (SSSR count). The van der Waals surface area contributed by atoms with Gasteiger partial charge in [0.1, 0.15) is 5.75 Å². The lowest BCUT2D eigenvalue weighted by Crippen LogP contribution is -1.98. The second kappa shape index (κ2) is 6.13. The minimum atomic E-state index is -4.44. The van der Waals surface area contributed by atoms with Crippen LogP contribution in [0, 0.1) is 0 Å². The lowest BCUT2D eigenvalue weighted by molar-refractivity contribution is 0.466. The van der Waals surface area contributed by atoms with E-state index in [0.717, 1.165) is 12.1 Å². The molecule has 0 aliphatic heterocycles. The van der Waals surface area contributed by atoms with Crippen molar-refractivity contribution < 1.29 is 31.0 Å². The fraction of sp³-hybridized carbons (Fsp3) is 0. The first-order valence-electron chi connectivity index (χ1n) is 6.13. The third-order valence-electron chi connectivity index (χ3n) is 2.86. The van der Waals surface area contributed by atoms with Crippen LogP contribution in [-0.2, 0) is 20.2 Å². The van der Waals surface area contributed by atoms with E-state index >= 15 is 0 Å². The molecule has 0 spiro atoms. The van der Waals surface area contributed by atoms with Gasteiger partial charge >= 0.3 is 0 Å². The molecule has 122 valence electrons. The molecule has 0 aromatic heterocycles. The first-order chi connectivity index (χ1) is 10.6. The summed E-state index contributed by atoms with van der Waals surface area (Å²) in [6.45, 7) is 0. The Bertz CT molecular complexity index is 957. The highest BCUT2D eigenvalue weighted by Crippen LogP contribution is 2.21. The molecule has 0 atom stereocenters. The standard InChI is InChI=1S/C14H12O7S2/c15-12-7-11(8-14(9-12)23(19,20)21)2-1-10-3-5-13(6-4-10)22(16,17)18/h1-9,15H,(H,16,17,18)(H,19,20,21)/b2-1+. The third-order valence-corrected chi connectivity index (χ3v) is 4.56. The molecule has 0 bridgehead atoms. The molecular formula is C14H12O7S2. The number of rotatable bonds is 4.